The molecule has 1 fully saturated rings. The number of aromatic nitrogens is 2. The van der Waals surface area contributed by atoms with Gasteiger partial charge in [-0.3, -0.25) is 14.8 Å². The van der Waals surface area contributed by atoms with Gasteiger partial charge in [0.2, 0.25) is 0 Å². The van der Waals surface area contributed by atoms with E-state index in [1.54, 1.807) is 6.20 Å². The number of benzene rings is 2. The van der Waals surface area contributed by atoms with Crippen LogP contribution in [0.5, 0.6) is 11.5 Å². The predicted molar refractivity (Wildman–Crippen MR) is 170 cm³/mol. The van der Waals surface area contributed by atoms with E-state index in [2.05, 4.69) is 26.7 Å². The van der Waals surface area contributed by atoms with E-state index in [0.29, 0.717) is 103 Å². The molecule has 2 N–H and O–H groups in total. The summed E-state index contributed by atoms with van der Waals surface area (Å²) in [5, 5.41) is 23.7. The molecule has 5 rings (SSSR count). The standard InChI is InChI=1S/C34H44N4O6/c1-2-30-10-9-27-6-8-29(34(40)32(27)36-30)25-38-14-18-43-22-20-41-16-12-37(13-17-42-21-23-44-19-15-38)24-28-7-5-26-4-3-11-35-31(26)33(28)39/h3-11,39-40H,2,12-25H2,1H3. The smallest absolute Gasteiger partial charge is 0.146 e. The number of pyridine rings is 2. The third-order valence-electron chi connectivity index (χ3n) is 7.91. The van der Waals surface area contributed by atoms with Crippen LogP contribution >= 0.6 is 0 Å². The highest BCUT2D eigenvalue weighted by atomic mass is 16.5. The van der Waals surface area contributed by atoms with Crippen LogP contribution in [0.15, 0.2) is 54.7 Å². The predicted octanol–water partition coefficient (Wildman–Crippen LogP) is 4.14. The minimum Gasteiger partial charge on any atom is -0.505 e. The Bertz CT molecular complexity index is 1470. The Balaban J connectivity index is 1.14. The van der Waals surface area contributed by atoms with Crippen LogP contribution < -0.4 is 0 Å². The first-order valence-corrected chi connectivity index (χ1v) is 15.5. The second-order valence-electron chi connectivity index (χ2n) is 11.0. The van der Waals surface area contributed by atoms with Gasteiger partial charge in [-0.2, -0.15) is 0 Å². The van der Waals surface area contributed by atoms with E-state index < -0.39 is 0 Å². The van der Waals surface area contributed by atoms with Crippen LogP contribution in [-0.4, -0.2) is 109 Å². The van der Waals surface area contributed by atoms with Gasteiger partial charge in [-0.15, -0.1) is 0 Å². The summed E-state index contributed by atoms with van der Waals surface area (Å²) in [5.41, 5.74) is 3.89. The summed E-state index contributed by atoms with van der Waals surface area (Å²) in [6, 6.07) is 15.8. The fourth-order valence-corrected chi connectivity index (χ4v) is 5.32. The Kier molecular flexibility index (Phi) is 12.1. The largest absolute Gasteiger partial charge is 0.505 e. The molecule has 0 unspecified atom stereocenters. The molecule has 0 amide bonds. The molecule has 3 heterocycles. The normalized spacial score (nSPS) is 17.8. The molecule has 0 bridgehead atoms. The molecular weight excluding hydrogens is 560 g/mol. The molecule has 2 aromatic carbocycles. The fourth-order valence-electron chi connectivity index (χ4n) is 5.32. The number of rotatable bonds is 5. The number of phenols is 2. The minimum atomic E-state index is 0.221. The maximum absolute atomic E-state index is 11.0. The van der Waals surface area contributed by atoms with E-state index in [-0.39, 0.29) is 11.5 Å². The first-order valence-electron chi connectivity index (χ1n) is 15.5. The van der Waals surface area contributed by atoms with Gasteiger partial charge in [0.1, 0.15) is 22.5 Å². The lowest BCUT2D eigenvalue weighted by Crippen LogP contribution is -2.32. The summed E-state index contributed by atoms with van der Waals surface area (Å²) in [4.78, 5) is 13.5. The van der Waals surface area contributed by atoms with Crippen molar-refractivity contribution in [1.82, 2.24) is 19.8 Å². The van der Waals surface area contributed by atoms with Gasteiger partial charge in [-0.05, 0) is 18.6 Å². The van der Waals surface area contributed by atoms with Gasteiger partial charge in [0, 0.05) is 73.1 Å². The average Bonchev–Trinajstić information content (AvgIpc) is 3.05. The van der Waals surface area contributed by atoms with E-state index in [1.807, 2.05) is 48.5 Å². The van der Waals surface area contributed by atoms with Crippen molar-refractivity contribution < 1.29 is 29.2 Å². The van der Waals surface area contributed by atoms with E-state index in [9.17, 15) is 10.2 Å². The average molecular weight is 605 g/mol. The Morgan fingerprint density at radius 3 is 1.61 bits per heavy atom. The van der Waals surface area contributed by atoms with Crippen molar-refractivity contribution in [2.75, 3.05) is 79.0 Å². The lowest BCUT2D eigenvalue weighted by molar-refractivity contribution is 0.00612. The van der Waals surface area contributed by atoms with Gasteiger partial charge in [-0.1, -0.05) is 43.3 Å². The second kappa shape index (κ2) is 16.6. The second-order valence-corrected chi connectivity index (χ2v) is 11.0. The van der Waals surface area contributed by atoms with Crippen LogP contribution in [0.3, 0.4) is 0 Å². The third kappa shape index (κ3) is 8.84. The number of phenolic OH excluding ortho intramolecular Hbond substituents is 2. The van der Waals surface area contributed by atoms with E-state index in [1.165, 1.54) is 0 Å². The van der Waals surface area contributed by atoms with Crippen LogP contribution in [0.4, 0.5) is 0 Å². The van der Waals surface area contributed by atoms with Gasteiger partial charge < -0.3 is 29.2 Å². The highest BCUT2D eigenvalue weighted by Crippen LogP contribution is 2.29. The molecular formula is C34H44N4O6. The summed E-state index contributed by atoms with van der Waals surface area (Å²) in [6.45, 7) is 10.1. The number of hydrogen-bond donors (Lipinski definition) is 2. The quantitative estimate of drug-likeness (QED) is 0.345. The summed E-state index contributed by atoms with van der Waals surface area (Å²) in [6.07, 6.45) is 2.51. The minimum absolute atomic E-state index is 0.221. The molecule has 0 atom stereocenters. The van der Waals surface area contributed by atoms with Crippen LogP contribution in [0.1, 0.15) is 23.7 Å². The van der Waals surface area contributed by atoms with E-state index in [4.69, 9.17) is 18.9 Å². The Morgan fingerprint density at radius 1 is 0.614 bits per heavy atom. The van der Waals surface area contributed by atoms with Crippen molar-refractivity contribution in [1.29, 1.82) is 0 Å². The van der Waals surface area contributed by atoms with Gasteiger partial charge in [0.15, 0.2) is 0 Å². The summed E-state index contributed by atoms with van der Waals surface area (Å²) < 4.78 is 23.6. The molecule has 10 nitrogen and oxygen atoms in total. The molecule has 10 heteroatoms. The van der Waals surface area contributed by atoms with Crippen LogP contribution in [0.2, 0.25) is 0 Å². The van der Waals surface area contributed by atoms with Crippen molar-refractivity contribution in [3.8, 4) is 11.5 Å². The number of aromatic hydroxyl groups is 2. The van der Waals surface area contributed by atoms with Gasteiger partial charge in [0.25, 0.3) is 0 Å². The molecule has 4 aromatic rings. The van der Waals surface area contributed by atoms with E-state index in [0.717, 1.165) is 34.0 Å². The lowest BCUT2D eigenvalue weighted by Gasteiger charge is -2.24. The molecule has 0 aliphatic carbocycles. The summed E-state index contributed by atoms with van der Waals surface area (Å²) in [5.74, 6) is 0.459. The van der Waals surface area contributed by atoms with Crippen LogP contribution in [-0.2, 0) is 38.5 Å². The van der Waals surface area contributed by atoms with Crippen LogP contribution in [0, 0.1) is 0 Å². The zero-order valence-electron chi connectivity index (χ0n) is 25.6. The van der Waals surface area contributed by atoms with Crippen molar-refractivity contribution in [3.05, 3.63) is 71.5 Å². The first-order chi connectivity index (χ1) is 21.6. The maximum Gasteiger partial charge on any atom is 0.146 e. The molecule has 0 saturated carbocycles. The van der Waals surface area contributed by atoms with Crippen molar-refractivity contribution in [2.24, 2.45) is 0 Å². The lowest BCUT2D eigenvalue weighted by atomic mass is 10.1. The number of hydrogen-bond acceptors (Lipinski definition) is 10. The Morgan fingerprint density at radius 2 is 1.09 bits per heavy atom. The van der Waals surface area contributed by atoms with Crippen molar-refractivity contribution >= 4 is 21.8 Å². The Hall–Kier alpha value is -3.38. The summed E-state index contributed by atoms with van der Waals surface area (Å²) in [7, 11) is 0. The molecule has 0 spiro atoms. The molecule has 2 aromatic heterocycles. The van der Waals surface area contributed by atoms with E-state index >= 15 is 0 Å². The highest BCUT2D eigenvalue weighted by molar-refractivity contribution is 5.86. The van der Waals surface area contributed by atoms with Crippen molar-refractivity contribution in [2.45, 2.75) is 26.4 Å². The van der Waals surface area contributed by atoms with Gasteiger partial charge in [-0.25, -0.2) is 4.98 Å². The third-order valence-corrected chi connectivity index (χ3v) is 7.91. The highest BCUT2D eigenvalue weighted by Gasteiger charge is 2.15. The number of ether oxygens (including phenoxy) is 4. The first kappa shape index (κ1) is 32.0. The SMILES string of the molecule is CCc1ccc2ccc(CN3CCOCCOCCN(Cc4ccc5cccnc5c4O)CCOCCOCC3)c(O)c2n1. The molecule has 236 valence electrons. The summed E-state index contributed by atoms with van der Waals surface area (Å²) >= 11 is 0. The molecule has 44 heavy (non-hydrogen) atoms. The molecule has 1 saturated heterocycles. The number of nitrogens with zero attached hydrogens (tertiary/aromatic N) is 4. The van der Waals surface area contributed by atoms with Crippen molar-refractivity contribution in [3.63, 3.8) is 0 Å². The molecule has 1 aliphatic heterocycles. The maximum atomic E-state index is 11.0. The fraction of sp³-hybridized carbons (Fsp3) is 0.471. The number of fused-ring (bicyclic) bond motifs is 2. The molecule has 0 radical (unpaired) electrons. The van der Waals surface area contributed by atoms with Gasteiger partial charge in [0.05, 0.1) is 52.9 Å². The van der Waals surface area contributed by atoms with Gasteiger partial charge >= 0.3 is 0 Å². The topological polar surface area (TPSA) is 110 Å². The monoisotopic (exact) mass is 604 g/mol. The Labute approximate surface area is 259 Å². The zero-order chi connectivity index (χ0) is 30.6. The zero-order valence-corrected chi connectivity index (χ0v) is 25.6. The number of aryl methyl sites for hydroxylation is 1. The molecule has 1 aliphatic rings. The van der Waals surface area contributed by atoms with Crippen LogP contribution in [0.25, 0.3) is 21.8 Å².